The molecular weight excluding hydrogens is 158 g/mol. The minimum Gasteiger partial charge on any atom is -0.300 e. The van der Waals surface area contributed by atoms with E-state index in [0.717, 1.165) is 18.0 Å². The summed E-state index contributed by atoms with van der Waals surface area (Å²) in [4.78, 5) is 2.68. The lowest BCUT2D eigenvalue weighted by molar-refractivity contribution is 0.0568. The summed E-state index contributed by atoms with van der Waals surface area (Å²) in [6.45, 7) is 2.38. The Labute approximate surface area is 82.5 Å². The molecule has 0 aromatic heterocycles. The van der Waals surface area contributed by atoms with Gasteiger partial charge < -0.3 is 4.90 Å². The van der Waals surface area contributed by atoms with Crippen molar-refractivity contribution in [3.63, 3.8) is 0 Å². The minimum atomic E-state index is 0.922. The Balaban J connectivity index is 1.78. The van der Waals surface area contributed by atoms with E-state index in [1.165, 1.54) is 44.9 Å². The number of hydrogen-bond donors (Lipinski definition) is 0. The molecule has 0 bridgehead atoms. The Morgan fingerprint density at radius 1 is 0.923 bits per heavy atom. The van der Waals surface area contributed by atoms with Crippen LogP contribution in [0.4, 0.5) is 0 Å². The maximum Gasteiger partial charge on any atom is 0.0100 e. The monoisotopic (exact) mass is 181 g/mol. The van der Waals surface area contributed by atoms with Crippen LogP contribution in [0, 0.1) is 5.92 Å². The van der Waals surface area contributed by atoms with E-state index in [2.05, 4.69) is 18.9 Å². The van der Waals surface area contributed by atoms with Gasteiger partial charge in [-0.1, -0.05) is 26.2 Å². The van der Waals surface area contributed by atoms with E-state index in [-0.39, 0.29) is 0 Å². The number of nitrogens with zero attached hydrogens (tertiary/aromatic N) is 1. The van der Waals surface area contributed by atoms with Crippen LogP contribution in [0.2, 0.25) is 0 Å². The molecule has 0 atom stereocenters. The fourth-order valence-electron chi connectivity index (χ4n) is 2.98. The molecule has 2 rings (SSSR count). The van der Waals surface area contributed by atoms with E-state index in [0.29, 0.717) is 0 Å². The van der Waals surface area contributed by atoms with Gasteiger partial charge in [0.1, 0.15) is 0 Å². The predicted molar refractivity (Wildman–Crippen MR) is 56.8 cm³/mol. The Bertz CT molecular complexity index is 155. The first kappa shape index (κ1) is 9.51. The Morgan fingerprint density at radius 3 is 2.08 bits per heavy atom. The molecule has 0 aromatic rings. The summed E-state index contributed by atoms with van der Waals surface area (Å²) in [6, 6.07) is 1.85. The fraction of sp³-hybridized carbons (Fsp3) is 1.00. The van der Waals surface area contributed by atoms with Gasteiger partial charge in [0.25, 0.3) is 0 Å². The van der Waals surface area contributed by atoms with Crippen LogP contribution in [-0.2, 0) is 0 Å². The number of rotatable bonds is 2. The van der Waals surface area contributed by atoms with Crippen molar-refractivity contribution in [1.29, 1.82) is 0 Å². The molecule has 76 valence electrons. The third-order valence-electron chi connectivity index (χ3n) is 4.08. The van der Waals surface area contributed by atoms with Crippen LogP contribution in [0.1, 0.15) is 51.9 Å². The molecule has 2 saturated carbocycles. The third-order valence-corrected chi connectivity index (χ3v) is 4.08. The van der Waals surface area contributed by atoms with Crippen LogP contribution in [0.3, 0.4) is 0 Å². The van der Waals surface area contributed by atoms with E-state index < -0.39 is 0 Å². The van der Waals surface area contributed by atoms with Crippen LogP contribution in [-0.4, -0.2) is 24.0 Å². The summed E-state index contributed by atoms with van der Waals surface area (Å²) >= 11 is 0. The van der Waals surface area contributed by atoms with Crippen LogP contribution in [0.15, 0.2) is 0 Å². The molecule has 13 heavy (non-hydrogen) atoms. The molecular formula is C12H23N. The Morgan fingerprint density at radius 2 is 1.54 bits per heavy atom. The number of hydrogen-bond acceptors (Lipinski definition) is 1. The molecule has 0 N–H and O–H groups in total. The summed E-state index contributed by atoms with van der Waals surface area (Å²) in [5.74, 6) is 0.996. The van der Waals surface area contributed by atoms with Gasteiger partial charge in [0.15, 0.2) is 0 Å². The molecule has 0 amide bonds. The van der Waals surface area contributed by atoms with Crippen LogP contribution >= 0.6 is 0 Å². The molecule has 2 aliphatic carbocycles. The first-order valence-electron chi connectivity index (χ1n) is 5.99. The molecule has 0 spiro atoms. The van der Waals surface area contributed by atoms with Crippen molar-refractivity contribution in [2.24, 2.45) is 5.92 Å². The maximum absolute atomic E-state index is 2.68. The van der Waals surface area contributed by atoms with Crippen molar-refractivity contribution >= 4 is 0 Å². The first-order valence-corrected chi connectivity index (χ1v) is 5.99. The van der Waals surface area contributed by atoms with Gasteiger partial charge in [-0.2, -0.15) is 0 Å². The molecule has 0 saturated heterocycles. The van der Waals surface area contributed by atoms with Gasteiger partial charge in [0, 0.05) is 12.1 Å². The lowest BCUT2D eigenvalue weighted by Gasteiger charge is -2.44. The second kappa shape index (κ2) is 4.00. The van der Waals surface area contributed by atoms with E-state index in [4.69, 9.17) is 0 Å². The van der Waals surface area contributed by atoms with Gasteiger partial charge in [-0.3, -0.25) is 0 Å². The molecule has 1 heteroatoms. The van der Waals surface area contributed by atoms with Gasteiger partial charge >= 0.3 is 0 Å². The van der Waals surface area contributed by atoms with E-state index in [1.807, 2.05) is 0 Å². The lowest BCUT2D eigenvalue weighted by atomic mass is 9.79. The average Bonchev–Trinajstić information content (AvgIpc) is 2.13. The van der Waals surface area contributed by atoms with E-state index in [9.17, 15) is 0 Å². The normalized spacial score (nSPS) is 36.2. The molecule has 0 radical (unpaired) electrons. The average molecular weight is 181 g/mol. The molecule has 1 nitrogen and oxygen atoms in total. The van der Waals surface area contributed by atoms with Gasteiger partial charge in [0.2, 0.25) is 0 Å². The zero-order chi connectivity index (χ0) is 9.26. The summed E-state index contributed by atoms with van der Waals surface area (Å²) in [5.41, 5.74) is 0. The highest BCUT2D eigenvalue weighted by Crippen LogP contribution is 2.34. The first-order chi connectivity index (χ1) is 6.27. The quantitative estimate of drug-likeness (QED) is 0.633. The molecule has 0 aromatic carbocycles. The highest BCUT2D eigenvalue weighted by Gasteiger charge is 2.32. The van der Waals surface area contributed by atoms with Crippen molar-refractivity contribution in [1.82, 2.24) is 4.90 Å². The van der Waals surface area contributed by atoms with Crippen LogP contribution < -0.4 is 0 Å². The van der Waals surface area contributed by atoms with Gasteiger partial charge in [0.05, 0.1) is 0 Å². The summed E-state index contributed by atoms with van der Waals surface area (Å²) in [7, 11) is 2.35. The molecule has 0 unspecified atom stereocenters. The molecule has 2 fully saturated rings. The smallest absolute Gasteiger partial charge is 0.0100 e. The lowest BCUT2D eigenvalue weighted by Crippen LogP contribution is -2.47. The highest BCUT2D eigenvalue weighted by molar-refractivity contribution is 4.87. The SMILES string of the molecule is CN(C1CCCCC1)[C@H]1C[C@@H](C)C1. The summed E-state index contributed by atoms with van der Waals surface area (Å²) in [5, 5.41) is 0. The van der Waals surface area contributed by atoms with Crippen molar-refractivity contribution in [3.8, 4) is 0 Å². The van der Waals surface area contributed by atoms with Gasteiger partial charge in [-0.25, -0.2) is 0 Å². The van der Waals surface area contributed by atoms with Crippen molar-refractivity contribution in [3.05, 3.63) is 0 Å². The van der Waals surface area contributed by atoms with Crippen molar-refractivity contribution < 1.29 is 0 Å². The fourth-order valence-corrected chi connectivity index (χ4v) is 2.98. The molecule has 0 heterocycles. The Kier molecular flexibility index (Phi) is 2.92. The standard InChI is InChI=1S/C12H23N/c1-10-8-12(9-10)13(2)11-6-4-3-5-7-11/h10-12H,3-9H2,1-2H3/t10-,12+. The van der Waals surface area contributed by atoms with E-state index in [1.54, 1.807) is 0 Å². The second-order valence-corrected chi connectivity index (χ2v) is 5.19. The second-order valence-electron chi connectivity index (χ2n) is 5.19. The maximum atomic E-state index is 2.68. The summed E-state index contributed by atoms with van der Waals surface area (Å²) in [6.07, 6.45) is 10.2. The van der Waals surface area contributed by atoms with Gasteiger partial charge in [-0.15, -0.1) is 0 Å². The van der Waals surface area contributed by atoms with Crippen molar-refractivity contribution in [2.75, 3.05) is 7.05 Å². The Hall–Kier alpha value is -0.0400. The zero-order valence-corrected chi connectivity index (χ0v) is 9.13. The summed E-state index contributed by atoms with van der Waals surface area (Å²) < 4.78 is 0. The zero-order valence-electron chi connectivity index (χ0n) is 9.13. The topological polar surface area (TPSA) is 3.24 Å². The molecule has 0 aliphatic heterocycles. The van der Waals surface area contributed by atoms with Crippen LogP contribution in [0.5, 0.6) is 0 Å². The molecule has 2 aliphatic rings. The van der Waals surface area contributed by atoms with Gasteiger partial charge in [-0.05, 0) is 38.6 Å². The largest absolute Gasteiger partial charge is 0.300 e. The van der Waals surface area contributed by atoms with Crippen molar-refractivity contribution in [2.45, 2.75) is 64.0 Å². The third kappa shape index (κ3) is 2.07. The minimum absolute atomic E-state index is 0.922. The highest BCUT2D eigenvalue weighted by atomic mass is 15.2. The predicted octanol–water partition coefficient (Wildman–Crippen LogP) is 3.05. The van der Waals surface area contributed by atoms with E-state index >= 15 is 0 Å². The van der Waals surface area contributed by atoms with Crippen LogP contribution in [0.25, 0.3) is 0 Å².